The number of hydrogen-bond acceptors (Lipinski definition) is 5. The topological polar surface area (TPSA) is 95.9 Å². The number of rotatable bonds is 7. The molecule has 0 spiro atoms. The summed E-state index contributed by atoms with van der Waals surface area (Å²) >= 11 is 0. The number of carbonyl (C=O) groups is 3. The van der Waals surface area contributed by atoms with Crippen molar-refractivity contribution in [2.45, 2.75) is 64.1 Å². The van der Waals surface area contributed by atoms with E-state index in [1.807, 2.05) is 52.6 Å². The largest absolute Gasteiger partial charge is 0.497 e. The number of aromatic nitrogens is 1. The van der Waals surface area contributed by atoms with E-state index in [0.717, 1.165) is 42.3 Å². The highest BCUT2D eigenvalue weighted by molar-refractivity contribution is 5.99. The molecule has 3 atom stereocenters. The van der Waals surface area contributed by atoms with Gasteiger partial charge in [0.05, 0.1) is 18.7 Å². The molecule has 4 rings (SSSR count). The molecule has 1 aliphatic heterocycles. The number of nitrogens with zero attached hydrogens (tertiary/aromatic N) is 3. The first-order chi connectivity index (χ1) is 17.7. The van der Waals surface area contributed by atoms with Crippen LogP contribution < -0.4 is 15.4 Å². The van der Waals surface area contributed by atoms with Gasteiger partial charge in [0.1, 0.15) is 17.5 Å². The smallest absolute Gasteiger partial charge is 0.270 e. The molecule has 2 heterocycles. The van der Waals surface area contributed by atoms with Crippen LogP contribution in [0.4, 0.5) is 0 Å². The maximum absolute atomic E-state index is 13.8. The standard InChI is InChI=1S/C28H41N5O4.ClH/c1-18-17-32(27(35)24-15-21-11-12-22(37-5)16-23(21)31(24)4)13-14-33(18)28(36)25(20-9-7-6-8-10-20)30-26(34)19(2)29-3;/h11-12,15-16,18-20,25,29H,6-10,13-14,17H2,1-5H3,(H,30,34);1H/t18-,19?,25?;/m0./s1. The Balaban J connectivity index is 0.00000400. The molecule has 2 fully saturated rings. The maximum Gasteiger partial charge on any atom is 0.270 e. The zero-order chi connectivity index (χ0) is 26.7. The van der Waals surface area contributed by atoms with Crippen LogP contribution in [0.15, 0.2) is 24.3 Å². The van der Waals surface area contributed by atoms with E-state index in [0.29, 0.717) is 25.3 Å². The molecule has 2 aromatic rings. The molecular weight excluding hydrogens is 506 g/mol. The van der Waals surface area contributed by atoms with Crippen LogP contribution >= 0.6 is 12.4 Å². The monoisotopic (exact) mass is 547 g/mol. The zero-order valence-corrected chi connectivity index (χ0v) is 24.0. The van der Waals surface area contributed by atoms with Crippen LogP contribution in [0, 0.1) is 5.92 Å². The number of ether oxygens (including phenoxy) is 1. The van der Waals surface area contributed by atoms with Gasteiger partial charge in [0, 0.05) is 44.2 Å². The summed E-state index contributed by atoms with van der Waals surface area (Å²) in [6.45, 7) is 5.14. The van der Waals surface area contributed by atoms with E-state index < -0.39 is 6.04 Å². The minimum Gasteiger partial charge on any atom is -0.497 e. The average Bonchev–Trinajstić information content (AvgIpc) is 3.26. The summed E-state index contributed by atoms with van der Waals surface area (Å²) in [6.07, 6.45) is 5.24. The SMILES string of the molecule is CNC(C)C(=O)NC(C(=O)N1CCN(C(=O)c2cc3ccc(OC)cc3n2C)C[C@@H]1C)C1CCCCC1.Cl. The molecule has 210 valence electrons. The lowest BCUT2D eigenvalue weighted by Crippen LogP contribution is -2.62. The van der Waals surface area contributed by atoms with Crippen LogP contribution in [0.25, 0.3) is 10.9 Å². The second-order valence-corrected chi connectivity index (χ2v) is 10.5. The number of halogens is 1. The number of benzene rings is 1. The highest BCUT2D eigenvalue weighted by Gasteiger charge is 2.38. The molecule has 1 saturated heterocycles. The van der Waals surface area contributed by atoms with Crippen molar-refractivity contribution < 1.29 is 19.1 Å². The Kier molecular flexibility index (Phi) is 10.1. The Morgan fingerprint density at radius 2 is 1.79 bits per heavy atom. The number of carbonyl (C=O) groups excluding carboxylic acids is 3. The van der Waals surface area contributed by atoms with Crippen LogP contribution in [0.1, 0.15) is 56.4 Å². The van der Waals surface area contributed by atoms with Gasteiger partial charge in [0.2, 0.25) is 11.8 Å². The van der Waals surface area contributed by atoms with E-state index in [4.69, 9.17) is 4.74 Å². The minimum atomic E-state index is -0.526. The van der Waals surface area contributed by atoms with Crippen LogP contribution in [-0.2, 0) is 16.6 Å². The van der Waals surface area contributed by atoms with Crippen LogP contribution in [0.5, 0.6) is 5.75 Å². The molecular formula is C28H42ClN5O4. The van der Waals surface area contributed by atoms with E-state index >= 15 is 0 Å². The van der Waals surface area contributed by atoms with Gasteiger partial charge in [0.25, 0.3) is 5.91 Å². The van der Waals surface area contributed by atoms with Gasteiger partial charge in [0.15, 0.2) is 0 Å². The molecule has 0 radical (unpaired) electrons. The molecule has 3 amide bonds. The molecule has 2 aliphatic rings. The van der Waals surface area contributed by atoms with E-state index in [-0.39, 0.29) is 48.1 Å². The number of likely N-dealkylation sites (N-methyl/N-ethyl adjacent to an activating group) is 1. The third-order valence-corrected chi connectivity index (χ3v) is 8.18. The quantitative estimate of drug-likeness (QED) is 0.555. The van der Waals surface area contributed by atoms with Gasteiger partial charge in [-0.1, -0.05) is 19.3 Å². The first-order valence-corrected chi connectivity index (χ1v) is 13.5. The lowest BCUT2D eigenvalue weighted by atomic mass is 9.83. The average molecular weight is 548 g/mol. The summed E-state index contributed by atoms with van der Waals surface area (Å²) in [5.41, 5.74) is 1.55. The van der Waals surface area contributed by atoms with Crippen molar-refractivity contribution in [2.24, 2.45) is 13.0 Å². The number of nitrogens with one attached hydrogen (secondary N) is 2. The van der Waals surface area contributed by atoms with Crippen molar-refractivity contribution in [1.29, 1.82) is 0 Å². The van der Waals surface area contributed by atoms with Gasteiger partial charge in [-0.2, -0.15) is 0 Å². The number of methoxy groups -OCH3 is 1. The second kappa shape index (κ2) is 12.8. The number of fused-ring (bicyclic) bond motifs is 1. The van der Waals surface area contributed by atoms with Crippen molar-refractivity contribution >= 4 is 41.0 Å². The van der Waals surface area contributed by atoms with Gasteiger partial charge in [-0.05, 0) is 57.9 Å². The lowest BCUT2D eigenvalue weighted by molar-refractivity contribution is -0.142. The molecule has 2 unspecified atom stereocenters. The van der Waals surface area contributed by atoms with Gasteiger partial charge in [-0.3, -0.25) is 14.4 Å². The van der Waals surface area contributed by atoms with Crippen LogP contribution in [0.2, 0.25) is 0 Å². The van der Waals surface area contributed by atoms with E-state index in [1.165, 1.54) is 6.42 Å². The first-order valence-electron chi connectivity index (χ1n) is 13.5. The second-order valence-electron chi connectivity index (χ2n) is 10.5. The van der Waals surface area contributed by atoms with Crippen molar-refractivity contribution in [1.82, 2.24) is 25.0 Å². The molecule has 0 bridgehead atoms. The van der Waals surface area contributed by atoms with Crippen molar-refractivity contribution in [2.75, 3.05) is 33.8 Å². The van der Waals surface area contributed by atoms with Crippen molar-refractivity contribution in [3.05, 3.63) is 30.0 Å². The summed E-state index contributed by atoms with van der Waals surface area (Å²) in [7, 11) is 5.26. The molecule has 1 aromatic heterocycles. The predicted molar refractivity (Wildman–Crippen MR) is 151 cm³/mol. The number of aryl methyl sites for hydroxylation is 1. The van der Waals surface area contributed by atoms with Gasteiger partial charge >= 0.3 is 0 Å². The van der Waals surface area contributed by atoms with E-state index in [1.54, 1.807) is 21.1 Å². The Labute approximate surface area is 231 Å². The summed E-state index contributed by atoms with van der Waals surface area (Å²) in [5, 5.41) is 7.01. The molecule has 38 heavy (non-hydrogen) atoms. The molecule has 1 saturated carbocycles. The molecule has 1 aromatic carbocycles. The zero-order valence-electron chi connectivity index (χ0n) is 23.2. The fourth-order valence-corrected chi connectivity index (χ4v) is 5.71. The fraction of sp³-hybridized carbons (Fsp3) is 0.607. The summed E-state index contributed by atoms with van der Waals surface area (Å²) in [6, 6.07) is 6.65. The van der Waals surface area contributed by atoms with Crippen molar-refractivity contribution in [3.63, 3.8) is 0 Å². The summed E-state index contributed by atoms with van der Waals surface area (Å²) < 4.78 is 7.24. The predicted octanol–water partition coefficient (Wildman–Crippen LogP) is 2.95. The van der Waals surface area contributed by atoms with Crippen molar-refractivity contribution in [3.8, 4) is 5.75 Å². The Bertz CT molecular complexity index is 1150. The first kappa shape index (κ1) is 29.8. The van der Waals surface area contributed by atoms with Crippen LogP contribution in [-0.4, -0.2) is 84.0 Å². The number of amides is 3. The normalized spacial score (nSPS) is 20.0. The Morgan fingerprint density at radius 1 is 1.08 bits per heavy atom. The Morgan fingerprint density at radius 3 is 2.42 bits per heavy atom. The molecule has 10 heteroatoms. The van der Waals surface area contributed by atoms with Crippen LogP contribution in [0.3, 0.4) is 0 Å². The third kappa shape index (κ3) is 6.10. The highest BCUT2D eigenvalue weighted by atomic mass is 35.5. The van der Waals surface area contributed by atoms with Gasteiger partial charge in [-0.15, -0.1) is 12.4 Å². The minimum absolute atomic E-state index is 0. The third-order valence-electron chi connectivity index (χ3n) is 8.18. The molecule has 9 nitrogen and oxygen atoms in total. The summed E-state index contributed by atoms with van der Waals surface area (Å²) in [5.74, 6) is 0.669. The fourth-order valence-electron chi connectivity index (χ4n) is 5.71. The van der Waals surface area contributed by atoms with E-state index in [9.17, 15) is 14.4 Å². The maximum atomic E-state index is 13.8. The number of piperazine rings is 1. The summed E-state index contributed by atoms with van der Waals surface area (Å²) in [4.78, 5) is 43.7. The Hall–Kier alpha value is -2.78. The molecule has 1 aliphatic carbocycles. The molecule has 2 N–H and O–H groups in total. The van der Waals surface area contributed by atoms with Gasteiger partial charge in [-0.25, -0.2) is 0 Å². The number of hydrogen-bond donors (Lipinski definition) is 2. The highest BCUT2D eigenvalue weighted by Crippen LogP contribution is 2.29. The van der Waals surface area contributed by atoms with E-state index in [2.05, 4.69) is 10.6 Å². The van der Waals surface area contributed by atoms with Gasteiger partial charge < -0.3 is 29.7 Å². The lowest BCUT2D eigenvalue weighted by Gasteiger charge is -2.43.